The Balaban J connectivity index is 2.96. The van der Waals surface area contributed by atoms with E-state index in [2.05, 4.69) is 37.6 Å². The molecule has 1 aromatic carbocycles. The maximum atomic E-state index is 11.7. The molecule has 0 fully saturated rings. The highest BCUT2D eigenvalue weighted by Gasteiger charge is 2.16. The Morgan fingerprint density at radius 2 is 1.79 bits per heavy atom. The molecule has 0 saturated carbocycles. The number of benzene rings is 1. The lowest BCUT2D eigenvalue weighted by Gasteiger charge is -2.21. The molecule has 0 atom stereocenters. The van der Waals surface area contributed by atoms with Gasteiger partial charge in [-0.05, 0) is 29.0 Å². The van der Waals surface area contributed by atoms with Crippen molar-refractivity contribution in [3.05, 3.63) is 34.9 Å². The Kier molecular flexibility index (Phi) is 4.76. The fraction of sp³-hybridized carbons (Fsp3) is 0.571. The molecule has 108 valence electrons. The molecule has 0 aromatic heterocycles. The first-order chi connectivity index (χ1) is 8.54. The lowest BCUT2D eigenvalue weighted by molar-refractivity contribution is 0.505. The summed E-state index contributed by atoms with van der Waals surface area (Å²) in [7, 11) is -0.349. The van der Waals surface area contributed by atoms with Crippen molar-refractivity contribution in [3.8, 4) is 0 Å². The van der Waals surface area contributed by atoms with Gasteiger partial charge in [-0.3, -0.25) is 0 Å². The van der Waals surface area contributed by atoms with Crippen LogP contribution in [0.15, 0.2) is 18.2 Å². The summed E-state index contributed by atoms with van der Waals surface area (Å²) in [4.78, 5) is 0. The highest BCUT2D eigenvalue weighted by Crippen LogP contribution is 2.24. The summed E-state index contributed by atoms with van der Waals surface area (Å²) in [6.45, 7) is 8.74. The van der Waals surface area contributed by atoms with E-state index in [4.69, 9.17) is 0 Å². The fourth-order valence-corrected chi connectivity index (χ4v) is 2.22. The van der Waals surface area contributed by atoms with E-state index in [0.29, 0.717) is 6.54 Å². The molecular formula is C14H24N2O2S. The molecule has 0 bridgehead atoms. The second-order valence-electron chi connectivity index (χ2n) is 6.00. The van der Waals surface area contributed by atoms with E-state index in [1.54, 1.807) is 0 Å². The van der Waals surface area contributed by atoms with Crippen LogP contribution in [0.3, 0.4) is 0 Å². The van der Waals surface area contributed by atoms with Crippen molar-refractivity contribution >= 4 is 10.2 Å². The van der Waals surface area contributed by atoms with Crippen LogP contribution < -0.4 is 4.72 Å². The van der Waals surface area contributed by atoms with Crippen LogP contribution in [0.5, 0.6) is 0 Å². The molecule has 1 aromatic rings. The van der Waals surface area contributed by atoms with Gasteiger partial charge in [0.2, 0.25) is 0 Å². The highest BCUT2D eigenvalue weighted by molar-refractivity contribution is 7.87. The predicted molar refractivity (Wildman–Crippen MR) is 79.3 cm³/mol. The minimum Gasteiger partial charge on any atom is -0.198 e. The third-order valence-corrected chi connectivity index (χ3v) is 4.61. The maximum Gasteiger partial charge on any atom is 0.279 e. The van der Waals surface area contributed by atoms with Gasteiger partial charge in [0.1, 0.15) is 0 Å². The topological polar surface area (TPSA) is 49.4 Å². The van der Waals surface area contributed by atoms with E-state index < -0.39 is 10.2 Å². The fourth-order valence-electron chi connectivity index (χ4n) is 1.63. The Bertz CT molecular complexity index is 543. The molecule has 0 aliphatic rings. The van der Waals surface area contributed by atoms with Crippen LogP contribution in [0.25, 0.3) is 0 Å². The summed E-state index contributed by atoms with van der Waals surface area (Å²) in [5, 5.41) is 0. The van der Waals surface area contributed by atoms with Gasteiger partial charge < -0.3 is 0 Å². The van der Waals surface area contributed by atoms with E-state index in [9.17, 15) is 8.42 Å². The molecule has 1 rings (SSSR count). The molecule has 0 saturated heterocycles. The van der Waals surface area contributed by atoms with Gasteiger partial charge in [0.25, 0.3) is 10.2 Å². The largest absolute Gasteiger partial charge is 0.279 e. The minimum absolute atomic E-state index is 0.0584. The van der Waals surface area contributed by atoms with E-state index in [1.807, 2.05) is 13.0 Å². The molecular weight excluding hydrogens is 260 g/mol. The Morgan fingerprint density at radius 3 is 2.26 bits per heavy atom. The number of hydrogen-bond acceptors (Lipinski definition) is 2. The molecule has 0 spiro atoms. The van der Waals surface area contributed by atoms with E-state index >= 15 is 0 Å². The van der Waals surface area contributed by atoms with Gasteiger partial charge in [-0.2, -0.15) is 17.4 Å². The van der Waals surface area contributed by atoms with E-state index in [-0.39, 0.29) is 5.41 Å². The van der Waals surface area contributed by atoms with Crippen molar-refractivity contribution in [2.75, 3.05) is 14.1 Å². The summed E-state index contributed by atoms with van der Waals surface area (Å²) in [5.41, 5.74) is 3.37. The second kappa shape index (κ2) is 5.61. The van der Waals surface area contributed by atoms with Gasteiger partial charge in [-0.15, -0.1) is 0 Å². The first kappa shape index (κ1) is 16.1. The van der Waals surface area contributed by atoms with Crippen LogP contribution in [0.4, 0.5) is 0 Å². The smallest absolute Gasteiger partial charge is 0.198 e. The average Bonchev–Trinajstić information content (AvgIpc) is 2.26. The first-order valence-corrected chi connectivity index (χ1v) is 7.75. The minimum atomic E-state index is -3.38. The molecule has 19 heavy (non-hydrogen) atoms. The van der Waals surface area contributed by atoms with Crippen molar-refractivity contribution in [3.63, 3.8) is 0 Å². The van der Waals surface area contributed by atoms with E-state index in [1.165, 1.54) is 24.0 Å². The SMILES string of the molecule is Cc1ccc(C(C)(C)C)cc1CNS(=O)(=O)N(C)C. The zero-order valence-corrected chi connectivity index (χ0v) is 13.4. The van der Waals surface area contributed by atoms with Crippen LogP contribution in [0.1, 0.15) is 37.5 Å². The van der Waals surface area contributed by atoms with Crippen LogP contribution in [-0.2, 0) is 22.2 Å². The summed E-state index contributed by atoms with van der Waals surface area (Å²) < 4.78 is 27.2. The van der Waals surface area contributed by atoms with Gasteiger partial charge in [0, 0.05) is 20.6 Å². The van der Waals surface area contributed by atoms with Crippen LogP contribution in [0.2, 0.25) is 0 Å². The number of hydrogen-bond donors (Lipinski definition) is 1. The normalized spacial score (nSPS) is 13.0. The quantitative estimate of drug-likeness (QED) is 0.921. The second-order valence-corrected chi connectivity index (χ2v) is 7.97. The Labute approximate surface area is 117 Å². The van der Waals surface area contributed by atoms with Gasteiger partial charge in [-0.1, -0.05) is 39.0 Å². The molecule has 0 aliphatic heterocycles. The summed E-state index contributed by atoms with van der Waals surface area (Å²) in [5.74, 6) is 0. The third kappa shape index (κ3) is 4.30. The maximum absolute atomic E-state index is 11.7. The summed E-state index contributed by atoms with van der Waals surface area (Å²) in [6.07, 6.45) is 0. The van der Waals surface area contributed by atoms with Gasteiger partial charge in [0.05, 0.1) is 0 Å². The lowest BCUT2D eigenvalue weighted by atomic mass is 9.85. The Hall–Kier alpha value is -0.910. The molecule has 0 heterocycles. The molecule has 1 N–H and O–H groups in total. The highest BCUT2D eigenvalue weighted by atomic mass is 32.2. The third-order valence-electron chi connectivity index (χ3n) is 3.14. The summed E-state index contributed by atoms with van der Waals surface area (Å²) in [6, 6.07) is 6.21. The van der Waals surface area contributed by atoms with Gasteiger partial charge in [0.15, 0.2) is 0 Å². The van der Waals surface area contributed by atoms with Crippen molar-refractivity contribution < 1.29 is 8.42 Å². The summed E-state index contributed by atoms with van der Waals surface area (Å²) >= 11 is 0. The van der Waals surface area contributed by atoms with Crippen molar-refractivity contribution in [1.82, 2.24) is 9.03 Å². The lowest BCUT2D eigenvalue weighted by Crippen LogP contribution is -2.35. The zero-order chi connectivity index (χ0) is 14.8. The standard InChI is InChI=1S/C14H24N2O2S/c1-11-7-8-13(14(2,3)4)9-12(11)10-15-19(17,18)16(5)6/h7-9,15H,10H2,1-6H3. The van der Waals surface area contributed by atoms with Crippen LogP contribution in [0, 0.1) is 6.92 Å². The van der Waals surface area contributed by atoms with E-state index in [0.717, 1.165) is 11.1 Å². The molecule has 0 unspecified atom stereocenters. The van der Waals surface area contributed by atoms with Gasteiger partial charge in [-0.25, -0.2) is 0 Å². The molecule has 4 nitrogen and oxygen atoms in total. The molecule has 0 radical (unpaired) electrons. The van der Waals surface area contributed by atoms with Crippen LogP contribution in [-0.4, -0.2) is 26.8 Å². The number of rotatable bonds is 4. The molecule has 5 heteroatoms. The molecule has 0 amide bonds. The monoisotopic (exact) mass is 284 g/mol. The average molecular weight is 284 g/mol. The van der Waals surface area contributed by atoms with Gasteiger partial charge >= 0.3 is 0 Å². The van der Waals surface area contributed by atoms with Crippen LogP contribution >= 0.6 is 0 Å². The van der Waals surface area contributed by atoms with Crippen molar-refractivity contribution in [2.24, 2.45) is 0 Å². The Morgan fingerprint density at radius 1 is 1.21 bits per heavy atom. The first-order valence-electron chi connectivity index (χ1n) is 6.31. The number of nitrogens with zero attached hydrogens (tertiary/aromatic N) is 1. The number of aryl methyl sites for hydroxylation is 1. The predicted octanol–water partition coefficient (Wildman–Crippen LogP) is 2.19. The number of nitrogens with one attached hydrogen (secondary N) is 1. The zero-order valence-electron chi connectivity index (χ0n) is 12.6. The van der Waals surface area contributed by atoms with Crippen molar-refractivity contribution in [2.45, 2.75) is 39.7 Å². The molecule has 0 aliphatic carbocycles. The van der Waals surface area contributed by atoms with Crippen molar-refractivity contribution in [1.29, 1.82) is 0 Å².